The summed E-state index contributed by atoms with van der Waals surface area (Å²) in [4.78, 5) is 14.7. The van der Waals surface area contributed by atoms with Gasteiger partial charge in [-0.15, -0.1) is 0 Å². The number of aryl methyl sites for hydroxylation is 1. The van der Waals surface area contributed by atoms with Crippen LogP contribution >= 0.6 is 0 Å². The van der Waals surface area contributed by atoms with E-state index in [0.29, 0.717) is 0 Å². The molecule has 3 rings (SSSR count). The van der Waals surface area contributed by atoms with Crippen LogP contribution in [0.5, 0.6) is 5.75 Å². The van der Waals surface area contributed by atoms with Crippen LogP contribution in [0.1, 0.15) is 25.0 Å². The molecule has 0 radical (unpaired) electrons. The third-order valence-electron chi connectivity index (χ3n) is 4.19. The van der Waals surface area contributed by atoms with Crippen LogP contribution in [0, 0.1) is 6.92 Å². The Hall–Kier alpha value is -2.29. The van der Waals surface area contributed by atoms with Crippen molar-refractivity contribution in [2.45, 2.75) is 39.3 Å². The molecule has 3 nitrogen and oxygen atoms in total. The lowest BCUT2D eigenvalue weighted by molar-refractivity contribution is -0.124. The standard InChI is InChI=1S/C19H21NO2/c1-13-8-4-7-11-18(13)22-15(3)19(21)20-14(2)12-16-9-5-6-10-17(16)20/h4-11,14-15H,12H2,1-3H3/t14-,15-/m0/s1. The summed E-state index contributed by atoms with van der Waals surface area (Å²) >= 11 is 0. The second kappa shape index (κ2) is 5.84. The maximum absolute atomic E-state index is 12.8. The molecule has 0 fully saturated rings. The number of carbonyl (C=O) groups excluding carboxylic acids is 1. The van der Waals surface area contributed by atoms with E-state index in [9.17, 15) is 4.79 Å². The zero-order chi connectivity index (χ0) is 15.7. The molecule has 2 aromatic rings. The Morgan fingerprint density at radius 2 is 1.86 bits per heavy atom. The van der Waals surface area contributed by atoms with Gasteiger partial charge < -0.3 is 9.64 Å². The number of amides is 1. The first-order valence-corrected chi connectivity index (χ1v) is 7.71. The van der Waals surface area contributed by atoms with E-state index < -0.39 is 6.10 Å². The summed E-state index contributed by atoms with van der Waals surface area (Å²) in [7, 11) is 0. The summed E-state index contributed by atoms with van der Waals surface area (Å²) in [6.07, 6.45) is 0.397. The molecule has 1 heterocycles. The molecule has 0 bridgehead atoms. The average Bonchev–Trinajstić information content (AvgIpc) is 2.84. The molecule has 0 saturated carbocycles. The Kier molecular flexibility index (Phi) is 3.88. The van der Waals surface area contributed by atoms with E-state index >= 15 is 0 Å². The van der Waals surface area contributed by atoms with Crippen molar-refractivity contribution in [3.05, 3.63) is 59.7 Å². The van der Waals surface area contributed by atoms with E-state index in [4.69, 9.17) is 4.74 Å². The first-order valence-electron chi connectivity index (χ1n) is 7.71. The fourth-order valence-corrected chi connectivity index (χ4v) is 3.03. The Balaban J connectivity index is 1.81. The highest BCUT2D eigenvalue weighted by molar-refractivity contribution is 5.99. The molecule has 0 aromatic heterocycles. The van der Waals surface area contributed by atoms with Crippen LogP contribution < -0.4 is 9.64 Å². The Labute approximate surface area is 131 Å². The molecule has 1 aliphatic heterocycles. The number of para-hydroxylation sites is 2. The van der Waals surface area contributed by atoms with Crippen LogP contribution in [-0.2, 0) is 11.2 Å². The topological polar surface area (TPSA) is 29.5 Å². The number of benzene rings is 2. The molecule has 3 heteroatoms. The number of hydrogen-bond donors (Lipinski definition) is 0. The van der Waals surface area contributed by atoms with E-state index in [0.717, 1.165) is 23.4 Å². The molecule has 1 amide bonds. The number of fused-ring (bicyclic) bond motifs is 1. The molecule has 2 atom stereocenters. The molecule has 1 aliphatic rings. The van der Waals surface area contributed by atoms with Gasteiger partial charge in [-0.25, -0.2) is 0 Å². The molecule has 22 heavy (non-hydrogen) atoms. The van der Waals surface area contributed by atoms with Crippen molar-refractivity contribution < 1.29 is 9.53 Å². The lowest BCUT2D eigenvalue weighted by Gasteiger charge is -2.26. The summed E-state index contributed by atoms with van der Waals surface area (Å²) in [5, 5.41) is 0. The Morgan fingerprint density at radius 3 is 2.64 bits per heavy atom. The highest BCUT2D eigenvalue weighted by Gasteiger charge is 2.33. The van der Waals surface area contributed by atoms with E-state index in [1.807, 2.05) is 61.2 Å². The number of anilines is 1. The Morgan fingerprint density at radius 1 is 1.18 bits per heavy atom. The molecule has 0 aliphatic carbocycles. The van der Waals surface area contributed by atoms with Crippen LogP contribution in [0.15, 0.2) is 48.5 Å². The van der Waals surface area contributed by atoms with Gasteiger partial charge in [-0.1, -0.05) is 36.4 Å². The lowest BCUT2D eigenvalue weighted by atomic mass is 10.1. The minimum atomic E-state index is -0.505. The van der Waals surface area contributed by atoms with E-state index in [2.05, 4.69) is 13.0 Å². The minimum absolute atomic E-state index is 0.0145. The van der Waals surface area contributed by atoms with Crippen LogP contribution in [-0.4, -0.2) is 18.1 Å². The maximum atomic E-state index is 12.8. The van der Waals surface area contributed by atoms with Crippen molar-refractivity contribution in [3.63, 3.8) is 0 Å². The number of carbonyl (C=O) groups is 1. The summed E-state index contributed by atoms with van der Waals surface area (Å²) < 4.78 is 5.89. The lowest BCUT2D eigenvalue weighted by Crippen LogP contribution is -2.43. The average molecular weight is 295 g/mol. The monoisotopic (exact) mass is 295 g/mol. The second-order valence-corrected chi connectivity index (χ2v) is 5.92. The smallest absolute Gasteiger partial charge is 0.268 e. The van der Waals surface area contributed by atoms with E-state index in [-0.39, 0.29) is 11.9 Å². The fraction of sp³-hybridized carbons (Fsp3) is 0.316. The van der Waals surface area contributed by atoms with Crippen molar-refractivity contribution >= 4 is 11.6 Å². The summed E-state index contributed by atoms with van der Waals surface area (Å²) in [6.45, 7) is 5.89. The van der Waals surface area contributed by atoms with Gasteiger partial charge in [-0.3, -0.25) is 4.79 Å². The van der Waals surface area contributed by atoms with Crippen LogP contribution in [0.4, 0.5) is 5.69 Å². The van der Waals surface area contributed by atoms with Gasteiger partial charge in [0.1, 0.15) is 5.75 Å². The first-order chi connectivity index (χ1) is 10.6. The van der Waals surface area contributed by atoms with Crippen LogP contribution in [0.2, 0.25) is 0 Å². The first kappa shape index (κ1) is 14.6. The van der Waals surface area contributed by atoms with Gasteiger partial charge in [0.15, 0.2) is 6.10 Å². The zero-order valence-corrected chi connectivity index (χ0v) is 13.2. The fourth-order valence-electron chi connectivity index (χ4n) is 3.03. The largest absolute Gasteiger partial charge is 0.481 e. The third-order valence-corrected chi connectivity index (χ3v) is 4.19. The van der Waals surface area contributed by atoms with Gasteiger partial charge in [0.05, 0.1) is 0 Å². The van der Waals surface area contributed by atoms with Gasteiger partial charge in [0.2, 0.25) is 0 Å². The van der Waals surface area contributed by atoms with Crippen LogP contribution in [0.25, 0.3) is 0 Å². The molecular weight excluding hydrogens is 274 g/mol. The predicted molar refractivity (Wildman–Crippen MR) is 88.4 cm³/mol. The van der Waals surface area contributed by atoms with Gasteiger partial charge >= 0.3 is 0 Å². The molecule has 0 N–H and O–H groups in total. The molecule has 114 valence electrons. The number of ether oxygens (including phenoxy) is 1. The minimum Gasteiger partial charge on any atom is -0.481 e. The van der Waals surface area contributed by atoms with Crippen molar-refractivity contribution in [2.24, 2.45) is 0 Å². The molecule has 2 aromatic carbocycles. The second-order valence-electron chi connectivity index (χ2n) is 5.92. The zero-order valence-electron chi connectivity index (χ0n) is 13.2. The van der Waals surface area contributed by atoms with Crippen molar-refractivity contribution in [2.75, 3.05) is 4.90 Å². The normalized spacial score (nSPS) is 18.0. The summed E-state index contributed by atoms with van der Waals surface area (Å²) in [6, 6.07) is 16.1. The molecule has 0 unspecified atom stereocenters. The molecule has 0 saturated heterocycles. The highest BCUT2D eigenvalue weighted by Crippen LogP contribution is 2.32. The van der Waals surface area contributed by atoms with Gasteiger partial charge in [0, 0.05) is 11.7 Å². The van der Waals surface area contributed by atoms with Crippen molar-refractivity contribution in [1.29, 1.82) is 0 Å². The quantitative estimate of drug-likeness (QED) is 0.863. The van der Waals surface area contributed by atoms with Gasteiger partial charge in [-0.05, 0) is 50.5 Å². The van der Waals surface area contributed by atoms with Crippen LogP contribution in [0.3, 0.4) is 0 Å². The molecule has 0 spiro atoms. The van der Waals surface area contributed by atoms with Gasteiger partial charge in [0.25, 0.3) is 5.91 Å². The number of rotatable bonds is 3. The predicted octanol–water partition coefficient (Wildman–Crippen LogP) is 3.74. The number of hydrogen-bond acceptors (Lipinski definition) is 2. The Bertz CT molecular complexity index is 695. The van der Waals surface area contributed by atoms with E-state index in [1.54, 1.807) is 0 Å². The molecular formula is C19H21NO2. The van der Waals surface area contributed by atoms with Crippen molar-refractivity contribution in [1.82, 2.24) is 0 Å². The number of nitrogens with zero attached hydrogens (tertiary/aromatic N) is 1. The summed E-state index contributed by atoms with van der Waals surface area (Å²) in [5.41, 5.74) is 3.28. The van der Waals surface area contributed by atoms with E-state index in [1.165, 1.54) is 5.56 Å². The van der Waals surface area contributed by atoms with Crippen molar-refractivity contribution in [3.8, 4) is 5.75 Å². The maximum Gasteiger partial charge on any atom is 0.268 e. The van der Waals surface area contributed by atoms with Gasteiger partial charge in [-0.2, -0.15) is 0 Å². The SMILES string of the molecule is Cc1ccccc1O[C@@H](C)C(=O)N1c2ccccc2C[C@@H]1C. The highest BCUT2D eigenvalue weighted by atomic mass is 16.5. The third kappa shape index (κ3) is 2.59. The summed E-state index contributed by atoms with van der Waals surface area (Å²) in [5.74, 6) is 0.782.